The Morgan fingerprint density at radius 2 is 1.84 bits per heavy atom. The van der Waals surface area contributed by atoms with Crippen molar-refractivity contribution in [3.63, 3.8) is 0 Å². The van der Waals surface area contributed by atoms with Crippen LogP contribution in [0.15, 0.2) is 29.2 Å². The molecule has 0 heterocycles. The third-order valence-electron chi connectivity index (χ3n) is 2.92. The molecule has 19 heavy (non-hydrogen) atoms. The van der Waals surface area contributed by atoms with Gasteiger partial charge >= 0.3 is 0 Å². The van der Waals surface area contributed by atoms with E-state index >= 15 is 0 Å². The third-order valence-corrected chi connectivity index (χ3v) is 4.79. The lowest BCUT2D eigenvalue weighted by Crippen LogP contribution is -2.23. The normalized spacial score (nSPS) is 12.1. The molecule has 0 saturated carbocycles. The van der Waals surface area contributed by atoms with Crippen molar-refractivity contribution in [2.45, 2.75) is 31.6 Å². The van der Waals surface area contributed by atoms with Crippen molar-refractivity contribution in [3.05, 3.63) is 24.3 Å². The highest BCUT2D eigenvalue weighted by Gasteiger charge is 2.20. The van der Waals surface area contributed by atoms with Crippen molar-refractivity contribution in [1.29, 1.82) is 0 Å². The van der Waals surface area contributed by atoms with Crippen molar-refractivity contribution in [1.82, 2.24) is 4.31 Å². The van der Waals surface area contributed by atoms with E-state index in [1.165, 1.54) is 4.31 Å². The Morgan fingerprint density at radius 3 is 2.42 bits per heavy atom. The van der Waals surface area contributed by atoms with E-state index in [-0.39, 0.29) is 0 Å². The molecule has 0 radical (unpaired) electrons. The summed E-state index contributed by atoms with van der Waals surface area (Å²) in [4.78, 5) is 0.338. The largest absolute Gasteiger partial charge is 0.384 e. The summed E-state index contributed by atoms with van der Waals surface area (Å²) < 4.78 is 25.6. The maximum Gasteiger partial charge on any atom is 0.244 e. The van der Waals surface area contributed by atoms with Gasteiger partial charge in [-0.3, -0.25) is 0 Å². The number of rotatable bonds is 7. The standard InChI is InChI=1S/C14H24N2O2S/c1-12(2)8-7-11-15-13-9-5-6-10-14(13)19(17,18)16(3)4/h5-6,9-10,12,15H,7-8,11H2,1-4H3. The fourth-order valence-electron chi connectivity index (χ4n) is 1.77. The van der Waals surface area contributed by atoms with Crippen LogP contribution in [0.4, 0.5) is 5.69 Å². The fraction of sp³-hybridized carbons (Fsp3) is 0.571. The molecule has 0 bridgehead atoms. The molecule has 0 fully saturated rings. The lowest BCUT2D eigenvalue weighted by molar-refractivity contribution is 0.521. The number of para-hydroxylation sites is 1. The second kappa shape index (κ2) is 6.91. The molecule has 0 spiro atoms. The highest BCUT2D eigenvalue weighted by atomic mass is 32.2. The van der Waals surface area contributed by atoms with Crippen LogP contribution in [0.2, 0.25) is 0 Å². The second-order valence-electron chi connectivity index (χ2n) is 5.25. The van der Waals surface area contributed by atoms with E-state index in [4.69, 9.17) is 0 Å². The summed E-state index contributed by atoms with van der Waals surface area (Å²) in [6.45, 7) is 5.16. The monoisotopic (exact) mass is 284 g/mol. The van der Waals surface area contributed by atoms with Gasteiger partial charge < -0.3 is 5.32 Å². The third kappa shape index (κ3) is 4.51. The summed E-state index contributed by atoms with van der Waals surface area (Å²) in [5.41, 5.74) is 0.681. The van der Waals surface area contributed by atoms with Crippen molar-refractivity contribution >= 4 is 15.7 Å². The summed E-state index contributed by atoms with van der Waals surface area (Å²) in [5.74, 6) is 0.669. The molecule has 0 aliphatic carbocycles. The van der Waals surface area contributed by atoms with Gasteiger partial charge in [0.05, 0.1) is 5.69 Å². The van der Waals surface area contributed by atoms with Crippen LogP contribution < -0.4 is 5.32 Å². The fourth-order valence-corrected chi connectivity index (χ4v) is 2.83. The first-order valence-corrected chi connectivity index (χ1v) is 8.05. The average Bonchev–Trinajstić information content (AvgIpc) is 2.34. The number of hydrogen-bond acceptors (Lipinski definition) is 3. The molecule has 4 nitrogen and oxygen atoms in total. The Balaban J connectivity index is 2.80. The molecule has 1 aromatic carbocycles. The Morgan fingerprint density at radius 1 is 1.21 bits per heavy atom. The quantitative estimate of drug-likeness (QED) is 0.783. The van der Waals surface area contributed by atoms with Gasteiger partial charge in [0, 0.05) is 20.6 Å². The lowest BCUT2D eigenvalue weighted by Gasteiger charge is -2.16. The first kappa shape index (κ1) is 16.0. The Labute approximate surface area is 116 Å². The molecular formula is C14H24N2O2S. The van der Waals surface area contributed by atoms with Gasteiger partial charge in [-0.25, -0.2) is 12.7 Å². The summed E-state index contributed by atoms with van der Waals surface area (Å²) in [6, 6.07) is 7.04. The van der Waals surface area contributed by atoms with Crippen LogP contribution in [0.3, 0.4) is 0 Å². The lowest BCUT2D eigenvalue weighted by atomic mass is 10.1. The van der Waals surface area contributed by atoms with E-state index in [2.05, 4.69) is 19.2 Å². The first-order valence-electron chi connectivity index (χ1n) is 6.61. The molecule has 0 amide bonds. The minimum absolute atomic E-state index is 0.338. The number of nitrogens with zero attached hydrogens (tertiary/aromatic N) is 1. The van der Waals surface area contributed by atoms with Crippen molar-refractivity contribution in [2.75, 3.05) is 26.0 Å². The molecule has 108 valence electrons. The summed E-state index contributed by atoms with van der Waals surface area (Å²) in [5, 5.41) is 3.22. The maximum atomic E-state index is 12.2. The van der Waals surface area contributed by atoms with Crippen LogP contribution >= 0.6 is 0 Å². The van der Waals surface area contributed by atoms with Gasteiger partial charge in [0.15, 0.2) is 0 Å². The van der Waals surface area contributed by atoms with Crippen LogP contribution in [0.1, 0.15) is 26.7 Å². The van der Waals surface area contributed by atoms with Crippen molar-refractivity contribution in [2.24, 2.45) is 5.92 Å². The van der Waals surface area contributed by atoms with Crippen LogP contribution in [0, 0.1) is 5.92 Å². The number of hydrogen-bond donors (Lipinski definition) is 1. The molecule has 0 aromatic heterocycles. The molecular weight excluding hydrogens is 260 g/mol. The number of sulfonamides is 1. The first-order chi connectivity index (χ1) is 8.85. The van der Waals surface area contributed by atoms with Gasteiger partial charge in [0.2, 0.25) is 10.0 Å². The minimum Gasteiger partial charge on any atom is -0.384 e. The predicted molar refractivity (Wildman–Crippen MR) is 79.9 cm³/mol. The molecule has 0 aliphatic rings. The smallest absolute Gasteiger partial charge is 0.244 e. The van der Waals surface area contributed by atoms with E-state index in [1.807, 2.05) is 12.1 Å². The highest BCUT2D eigenvalue weighted by molar-refractivity contribution is 7.89. The molecule has 0 atom stereocenters. The minimum atomic E-state index is -3.39. The van der Waals surface area contributed by atoms with Crippen LogP contribution in [-0.2, 0) is 10.0 Å². The van der Waals surface area contributed by atoms with Crippen LogP contribution in [0.25, 0.3) is 0 Å². The Hall–Kier alpha value is -1.07. The Bertz CT molecular complexity index is 496. The van der Waals surface area contributed by atoms with E-state index in [0.717, 1.165) is 19.4 Å². The summed E-state index contributed by atoms with van der Waals surface area (Å²) in [6.07, 6.45) is 2.17. The van der Waals surface area contributed by atoms with Crippen LogP contribution in [-0.4, -0.2) is 33.4 Å². The predicted octanol–water partition coefficient (Wildman–Crippen LogP) is 2.79. The molecule has 0 aliphatic heterocycles. The molecule has 1 aromatic rings. The molecule has 0 unspecified atom stereocenters. The van der Waals surface area contributed by atoms with Crippen LogP contribution in [0.5, 0.6) is 0 Å². The van der Waals surface area contributed by atoms with Gasteiger partial charge in [-0.1, -0.05) is 26.0 Å². The van der Waals surface area contributed by atoms with Crippen molar-refractivity contribution < 1.29 is 8.42 Å². The zero-order valence-electron chi connectivity index (χ0n) is 12.2. The zero-order chi connectivity index (χ0) is 14.5. The van der Waals surface area contributed by atoms with E-state index in [1.54, 1.807) is 26.2 Å². The molecule has 5 heteroatoms. The maximum absolute atomic E-state index is 12.2. The summed E-state index contributed by atoms with van der Waals surface area (Å²) in [7, 11) is -0.297. The number of anilines is 1. The topological polar surface area (TPSA) is 49.4 Å². The van der Waals surface area contributed by atoms with Crippen molar-refractivity contribution in [3.8, 4) is 0 Å². The summed E-state index contributed by atoms with van der Waals surface area (Å²) >= 11 is 0. The Kier molecular flexibility index (Phi) is 5.82. The van der Waals surface area contributed by atoms with E-state index < -0.39 is 10.0 Å². The average molecular weight is 284 g/mol. The SMILES string of the molecule is CC(C)CCCNc1ccccc1S(=O)(=O)N(C)C. The number of benzene rings is 1. The van der Waals surface area contributed by atoms with E-state index in [0.29, 0.717) is 16.5 Å². The molecule has 1 N–H and O–H groups in total. The van der Waals surface area contributed by atoms with Gasteiger partial charge in [0.1, 0.15) is 4.90 Å². The van der Waals surface area contributed by atoms with Gasteiger partial charge in [0.25, 0.3) is 0 Å². The zero-order valence-corrected chi connectivity index (χ0v) is 13.0. The van der Waals surface area contributed by atoms with Gasteiger partial charge in [-0.2, -0.15) is 0 Å². The highest BCUT2D eigenvalue weighted by Crippen LogP contribution is 2.23. The molecule has 1 rings (SSSR count). The van der Waals surface area contributed by atoms with E-state index in [9.17, 15) is 8.42 Å². The molecule has 0 saturated heterocycles. The van der Waals surface area contributed by atoms with Gasteiger partial charge in [-0.15, -0.1) is 0 Å². The number of nitrogens with one attached hydrogen (secondary N) is 1. The second-order valence-corrected chi connectivity index (χ2v) is 7.37. The van der Waals surface area contributed by atoms with Gasteiger partial charge in [-0.05, 0) is 30.9 Å².